The molecule has 0 aromatic rings. The van der Waals surface area contributed by atoms with Gasteiger partial charge in [0.25, 0.3) is 0 Å². The van der Waals surface area contributed by atoms with Gasteiger partial charge in [-0.25, -0.2) is 4.79 Å². The van der Waals surface area contributed by atoms with Gasteiger partial charge in [-0.05, 0) is 26.4 Å². The van der Waals surface area contributed by atoms with Crippen molar-refractivity contribution in [3.05, 3.63) is 0 Å². The summed E-state index contributed by atoms with van der Waals surface area (Å²) in [6.07, 6.45) is 1.48. The Bertz CT molecular complexity index is 242. The Morgan fingerprint density at radius 2 is 2.21 bits per heavy atom. The number of carbonyl (C=O) groups is 2. The molecular formula is C9H17N3O2. The van der Waals surface area contributed by atoms with Gasteiger partial charge in [0, 0.05) is 6.54 Å². The number of amides is 3. The quantitative estimate of drug-likeness (QED) is 0.589. The van der Waals surface area contributed by atoms with Crippen LogP contribution in [0.15, 0.2) is 0 Å². The Morgan fingerprint density at radius 1 is 1.50 bits per heavy atom. The lowest BCUT2D eigenvalue weighted by Crippen LogP contribution is -2.59. The summed E-state index contributed by atoms with van der Waals surface area (Å²) in [6.45, 7) is 3.18. The largest absolute Gasteiger partial charge is 0.337 e. The third-order valence-electron chi connectivity index (χ3n) is 2.83. The maximum Gasteiger partial charge on any atom is 0.321 e. The first-order valence-electron chi connectivity index (χ1n) is 4.88. The molecule has 0 spiro atoms. The minimum Gasteiger partial charge on any atom is -0.337 e. The molecule has 1 heterocycles. The van der Waals surface area contributed by atoms with Crippen LogP contribution in [0.5, 0.6) is 0 Å². The van der Waals surface area contributed by atoms with Gasteiger partial charge >= 0.3 is 6.03 Å². The van der Waals surface area contributed by atoms with Gasteiger partial charge in [-0.1, -0.05) is 6.92 Å². The van der Waals surface area contributed by atoms with Crippen LogP contribution in [-0.4, -0.2) is 32.1 Å². The molecule has 0 aromatic heterocycles. The number of nitrogens with one attached hydrogen (secondary N) is 3. The van der Waals surface area contributed by atoms with Crippen molar-refractivity contribution in [2.24, 2.45) is 5.41 Å². The molecule has 1 atom stereocenters. The van der Waals surface area contributed by atoms with Gasteiger partial charge in [-0.3, -0.25) is 10.1 Å². The van der Waals surface area contributed by atoms with Crippen molar-refractivity contribution in [2.45, 2.75) is 19.8 Å². The van der Waals surface area contributed by atoms with E-state index in [0.717, 1.165) is 19.4 Å². The van der Waals surface area contributed by atoms with Crippen LogP contribution in [0.2, 0.25) is 0 Å². The monoisotopic (exact) mass is 199 g/mol. The molecule has 0 radical (unpaired) electrons. The summed E-state index contributed by atoms with van der Waals surface area (Å²) >= 11 is 0. The molecule has 0 aromatic carbocycles. The van der Waals surface area contributed by atoms with Crippen LogP contribution in [-0.2, 0) is 4.79 Å². The lowest BCUT2D eigenvalue weighted by atomic mass is 9.79. The average Bonchev–Trinajstić information content (AvgIpc) is 2.18. The van der Waals surface area contributed by atoms with E-state index in [2.05, 4.69) is 16.0 Å². The van der Waals surface area contributed by atoms with Crippen LogP contribution in [0.25, 0.3) is 0 Å². The number of urea groups is 1. The molecule has 0 aliphatic carbocycles. The van der Waals surface area contributed by atoms with E-state index in [0.29, 0.717) is 6.54 Å². The summed E-state index contributed by atoms with van der Waals surface area (Å²) < 4.78 is 0. The van der Waals surface area contributed by atoms with Gasteiger partial charge in [0.1, 0.15) is 0 Å². The zero-order chi connectivity index (χ0) is 10.6. The third-order valence-corrected chi connectivity index (χ3v) is 2.83. The summed E-state index contributed by atoms with van der Waals surface area (Å²) in [6, 6.07) is -0.386. The first kappa shape index (κ1) is 11.0. The molecule has 1 aliphatic rings. The van der Waals surface area contributed by atoms with Crippen molar-refractivity contribution in [1.82, 2.24) is 16.0 Å². The minimum absolute atomic E-state index is 0.154. The maximum atomic E-state index is 11.7. The van der Waals surface area contributed by atoms with Crippen LogP contribution in [0.3, 0.4) is 0 Å². The van der Waals surface area contributed by atoms with Gasteiger partial charge < -0.3 is 10.6 Å². The summed E-state index contributed by atoms with van der Waals surface area (Å²) in [7, 11) is 1.85. The Balaban J connectivity index is 2.67. The highest BCUT2D eigenvalue weighted by Crippen LogP contribution is 2.27. The number of hydrogen-bond donors (Lipinski definition) is 3. The van der Waals surface area contributed by atoms with Crippen molar-refractivity contribution in [3.63, 3.8) is 0 Å². The predicted molar refractivity (Wildman–Crippen MR) is 52.8 cm³/mol. The van der Waals surface area contributed by atoms with Crippen molar-refractivity contribution in [3.8, 4) is 0 Å². The highest BCUT2D eigenvalue weighted by molar-refractivity contribution is 6.00. The molecule has 5 heteroatoms. The first-order chi connectivity index (χ1) is 6.64. The molecule has 0 saturated carbocycles. The second-order valence-corrected chi connectivity index (χ2v) is 3.62. The predicted octanol–water partition coefficient (Wildman–Crippen LogP) is -0.168. The van der Waals surface area contributed by atoms with Crippen LogP contribution in [0.4, 0.5) is 4.79 Å². The molecule has 3 amide bonds. The second-order valence-electron chi connectivity index (χ2n) is 3.62. The van der Waals surface area contributed by atoms with Gasteiger partial charge in [-0.2, -0.15) is 0 Å². The first-order valence-corrected chi connectivity index (χ1v) is 4.88. The summed E-state index contributed by atoms with van der Waals surface area (Å²) in [5.74, 6) is -0.154. The topological polar surface area (TPSA) is 70.2 Å². The van der Waals surface area contributed by atoms with Crippen LogP contribution >= 0.6 is 0 Å². The average molecular weight is 199 g/mol. The van der Waals surface area contributed by atoms with Gasteiger partial charge in [0.2, 0.25) is 5.91 Å². The van der Waals surface area contributed by atoms with E-state index in [1.807, 2.05) is 14.0 Å². The van der Waals surface area contributed by atoms with E-state index in [1.165, 1.54) is 0 Å². The molecule has 3 N–H and O–H groups in total. The van der Waals surface area contributed by atoms with E-state index in [-0.39, 0.29) is 11.9 Å². The Labute approximate surface area is 83.6 Å². The van der Waals surface area contributed by atoms with E-state index in [9.17, 15) is 9.59 Å². The molecule has 5 nitrogen and oxygen atoms in total. The highest BCUT2D eigenvalue weighted by atomic mass is 16.2. The number of carbonyl (C=O) groups excluding carboxylic acids is 2. The molecule has 0 bridgehead atoms. The molecule has 14 heavy (non-hydrogen) atoms. The SMILES string of the molecule is CCC1(CCNC)CNC(=O)NC1=O. The normalized spacial score (nSPS) is 27.0. The number of rotatable bonds is 4. The molecule has 1 saturated heterocycles. The van der Waals surface area contributed by atoms with Gasteiger partial charge in [-0.15, -0.1) is 0 Å². The molecule has 80 valence electrons. The zero-order valence-corrected chi connectivity index (χ0v) is 8.64. The van der Waals surface area contributed by atoms with E-state index in [4.69, 9.17) is 0 Å². The summed E-state index contributed by atoms with van der Waals surface area (Å²) in [5, 5.41) is 7.99. The molecule has 1 rings (SSSR count). The lowest BCUT2D eigenvalue weighted by Gasteiger charge is -2.34. The van der Waals surface area contributed by atoms with Crippen molar-refractivity contribution < 1.29 is 9.59 Å². The standard InChI is InChI=1S/C9H17N3O2/c1-3-9(4-5-10-2)6-11-8(14)12-7(9)13/h10H,3-6H2,1-2H3,(H2,11,12,13,14). The van der Waals surface area contributed by atoms with Crippen LogP contribution in [0.1, 0.15) is 19.8 Å². The molecule has 1 fully saturated rings. The Hall–Kier alpha value is -1.10. The number of imide groups is 1. The second kappa shape index (κ2) is 4.41. The van der Waals surface area contributed by atoms with E-state index in [1.54, 1.807) is 0 Å². The fraction of sp³-hybridized carbons (Fsp3) is 0.778. The smallest absolute Gasteiger partial charge is 0.321 e. The van der Waals surface area contributed by atoms with E-state index < -0.39 is 5.41 Å². The molecule has 1 aliphatic heterocycles. The van der Waals surface area contributed by atoms with Crippen molar-refractivity contribution in [2.75, 3.05) is 20.1 Å². The van der Waals surface area contributed by atoms with Crippen LogP contribution < -0.4 is 16.0 Å². The van der Waals surface area contributed by atoms with Crippen LogP contribution in [0, 0.1) is 5.41 Å². The zero-order valence-electron chi connectivity index (χ0n) is 8.64. The maximum absolute atomic E-state index is 11.7. The van der Waals surface area contributed by atoms with Gasteiger partial charge in [0.05, 0.1) is 5.41 Å². The van der Waals surface area contributed by atoms with E-state index >= 15 is 0 Å². The summed E-state index contributed by atoms with van der Waals surface area (Å²) in [4.78, 5) is 22.6. The minimum atomic E-state index is -0.434. The molecular weight excluding hydrogens is 182 g/mol. The Morgan fingerprint density at radius 3 is 2.71 bits per heavy atom. The lowest BCUT2D eigenvalue weighted by molar-refractivity contribution is -0.131. The highest BCUT2D eigenvalue weighted by Gasteiger charge is 2.40. The Kier molecular flexibility index (Phi) is 3.46. The fourth-order valence-corrected chi connectivity index (χ4v) is 1.64. The molecule has 1 unspecified atom stereocenters. The van der Waals surface area contributed by atoms with Gasteiger partial charge in [0.15, 0.2) is 0 Å². The summed E-state index contributed by atoms with van der Waals surface area (Å²) in [5.41, 5.74) is -0.434. The fourth-order valence-electron chi connectivity index (χ4n) is 1.64. The third kappa shape index (κ3) is 2.04. The number of hydrogen-bond acceptors (Lipinski definition) is 3. The van der Waals surface area contributed by atoms with Crippen molar-refractivity contribution in [1.29, 1.82) is 0 Å². The van der Waals surface area contributed by atoms with Crippen molar-refractivity contribution >= 4 is 11.9 Å².